The minimum Gasteiger partial charge on any atom is -0.326 e. The molecule has 0 atom stereocenters. The molecule has 0 fully saturated rings. The third-order valence-corrected chi connectivity index (χ3v) is 1.94. The van der Waals surface area contributed by atoms with Crippen LogP contribution in [0.2, 0.25) is 0 Å². The molecule has 0 aliphatic rings. The van der Waals surface area contributed by atoms with Gasteiger partial charge in [-0.25, -0.2) is 9.40 Å². The fourth-order valence-corrected chi connectivity index (χ4v) is 1.19. The summed E-state index contributed by atoms with van der Waals surface area (Å²) in [6, 6.07) is 6.50. The highest BCUT2D eigenvalue weighted by Gasteiger charge is 2.00. The molecule has 0 aliphatic heterocycles. The Morgan fingerprint density at radius 2 is 2.07 bits per heavy atom. The lowest BCUT2D eigenvalue weighted by Gasteiger charge is -2.19. The van der Waals surface area contributed by atoms with E-state index in [1.165, 1.54) is 12.1 Å². The molecule has 3 heteroatoms. The summed E-state index contributed by atoms with van der Waals surface area (Å²) >= 11 is 0. The van der Waals surface area contributed by atoms with E-state index >= 15 is 0 Å². The largest absolute Gasteiger partial charge is 0.326 e. The Hall–Kier alpha value is -1.35. The van der Waals surface area contributed by atoms with Crippen LogP contribution < -0.4 is 5.43 Å². The summed E-state index contributed by atoms with van der Waals surface area (Å²) in [5, 5.41) is 1.99. The van der Waals surface area contributed by atoms with Crippen LogP contribution in [0.25, 0.3) is 0 Å². The average molecular weight is 194 g/mol. The molecule has 1 N–H and O–H groups in total. The number of benzene rings is 1. The van der Waals surface area contributed by atoms with Gasteiger partial charge in [-0.3, -0.25) is 0 Å². The third kappa shape index (κ3) is 3.18. The molecular weight excluding hydrogens is 179 g/mol. The molecule has 0 amide bonds. The van der Waals surface area contributed by atoms with Crippen molar-refractivity contribution >= 4 is 0 Å². The van der Waals surface area contributed by atoms with Crippen LogP contribution in [0.15, 0.2) is 37.0 Å². The average Bonchev–Trinajstić information content (AvgIpc) is 2.20. The molecule has 0 spiro atoms. The molecule has 0 aliphatic carbocycles. The Kier molecular flexibility index (Phi) is 4.13. The van der Waals surface area contributed by atoms with E-state index in [9.17, 15) is 4.39 Å². The van der Waals surface area contributed by atoms with Crippen LogP contribution in [0, 0.1) is 5.82 Å². The Morgan fingerprint density at radius 1 is 1.43 bits per heavy atom. The number of halogens is 1. The molecule has 2 nitrogen and oxygen atoms in total. The van der Waals surface area contributed by atoms with Crippen LogP contribution in [0.1, 0.15) is 12.5 Å². The Labute approximate surface area is 84.0 Å². The van der Waals surface area contributed by atoms with E-state index in [0.29, 0.717) is 0 Å². The van der Waals surface area contributed by atoms with Crippen LogP contribution >= 0.6 is 0 Å². The van der Waals surface area contributed by atoms with Crippen molar-refractivity contribution in [1.82, 2.24) is 10.4 Å². The SMILES string of the molecule is C=CNN(CC)Cc1ccc(F)cc1. The molecule has 1 rings (SSSR count). The van der Waals surface area contributed by atoms with E-state index in [-0.39, 0.29) is 5.82 Å². The van der Waals surface area contributed by atoms with E-state index in [4.69, 9.17) is 0 Å². The molecule has 0 saturated carbocycles. The van der Waals surface area contributed by atoms with Crippen molar-refractivity contribution in [2.75, 3.05) is 6.54 Å². The van der Waals surface area contributed by atoms with E-state index in [0.717, 1.165) is 18.7 Å². The first kappa shape index (κ1) is 10.7. The minimum atomic E-state index is -0.200. The first-order valence-corrected chi connectivity index (χ1v) is 4.62. The van der Waals surface area contributed by atoms with Crippen LogP contribution in [-0.4, -0.2) is 11.6 Å². The quantitative estimate of drug-likeness (QED) is 0.723. The minimum absolute atomic E-state index is 0.200. The number of hydrazine groups is 1. The predicted molar refractivity (Wildman–Crippen MR) is 55.8 cm³/mol. The summed E-state index contributed by atoms with van der Waals surface area (Å²) in [6.07, 6.45) is 1.63. The zero-order valence-electron chi connectivity index (χ0n) is 8.33. The van der Waals surface area contributed by atoms with Crippen molar-refractivity contribution in [3.05, 3.63) is 48.4 Å². The molecule has 14 heavy (non-hydrogen) atoms. The van der Waals surface area contributed by atoms with Gasteiger partial charge in [-0.2, -0.15) is 0 Å². The number of rotatable bonds is 5. The van der Waals surface area contributed by atoms with Crippen LogP contribution in [0.3, 0.4) is 0 Å². The molecule has 0 heterocycles. The molecule has 1 aromatic carbocycles. The summed E-state index contributed by atoms with van der Waals surface area (Å²) in [5.41, 5.74) is 4.07. The smallest absolute Gasteiger partial charge is 0.123 e. The first-order valence-electron chi connectivity index (χ1n) is 4.62. The Morgan fingerprint density at radius 3 is 2.57 bits per heavy atom. The first-order chi connectivity index (χ1) is 6.76. The fourth-order valence-electron chi connectivity index (χ4n) is 1.19. The lowest BCUT2D eigenvalue weighted by atomic mass is 10.2. The van der Waals surface area contributed by atoms with Gasteiger partial charge in [0.1, 0.15) is 5.82 Å². The zero-order chi connectivity index (χ0) is 10.4. The van der Waals surface area contributed by atoms with Gasteiger partial charge in [0.25, 0.3) is 0 Å². The van der Waals surface area contributed by atoms with Crippen LogP contribution in [0.4, 0.5) is 4.39 Å². The molecule has 0 bridgehead atoms. The second-order valence-corrected chi connectivity index (χ2v) is 2.97. The van der Waals surface area contributed by atoms with Crippen molar-refractivity contribution in [3.8, 4) is 0 Å². The molecule has 0 saturated heterocycles. The molecule has 0 aromatic heterocycles. The van der Waals surface area contributed by atoms with Crippen LogP contribution in [0.5, 0.6) is 0 Å². The van der Waals surface area contributed by atoms with E-state index in [1.54, 1.807) is 18.3 Å². The summed E-state index contributed by atoms with van der Waals surface area (Å²) in [5.74, 6) is -0.200. The topological polar surface area (TPSA) is 15.3 Å². The van der Waals surface area contributed by atoms with Gasteiger partial charge >= 0.3 is 0 Å². The monoisotopic (exact) mass is 194 g/mol. The van der Waals surface area contributed by atoms with Gasteiger partial charge in [-0.15, -0.1) is 0 Å². The normalized spacial score (nSPS) is 10.2. The van der Waals surface area contributed by atoms with E-state index in [1.807, 2.05) is 11.9 Å². The highest BCUT2D eigenvalue weighted by molar-refractivity contribution is 5.15. The van der Waals surface area contributed by atoms with Gasteiger partial charge in [0, 0.05) is 19.3 Å². The number of nitrogens with zero attached hydrogens (tertiary/aromatic N) is 1. The molecular formula is C11H15FN2. The van der Waals surface area contributed by atoms with Gasteiger partial charge in [-0.1, -0.05) is 25.6 Å². The molecule has 1 aromatic rings. The maximum atomic E-state index is 12.6. The highest BCUT2D eigenvalue weighted by atomic mass is 19.1. The van der Waals surface area contributed by atoms with Crippen molar-refractivity contribution < 1.29 is 4.39 Å². The molecule has 0 unspecified atom stereocenters. The summed E-state index contributed by atoms with van der Waals surface area (Å²) in [7, 11) is 0. The zero-order valence-corrected chi connectivity index (χ0v) is 8.33. The predicted octanol–water partition coefficient (Wildman–Crippen LogP) is 2.30. The number of nitrogens with one attached hydrogen (secondary N) is 1. The standard InChI is InChI=1S/C11H15FN2/c1-3-13-14(4-2)9-10-5-7-11(12)8-6-10/h3,5-8,13H,1,4,9H2,2H3. The van der Waals surface area contributed by atoms with Crippen molar-refractivity contribution in [3.63, 3.8) is 0 Å². The van der Waals surface area contributed by atoms with Gasteiger partial charge in [0.05, 0.1) is 0 Å². The van der Waals surface area contributed by atoms with Crippen molar-refractivity contribution in [2.45, 2.75) is 13.5 Å². The Bertz CT molecular complexity index is 282. The maximum absolute atomic E-state index is 12.6. The lowest BCUT2D eigenvalue weighted by Crippen LogP contribution is -2.33. The van der Waals surface area contributed by atoms with E-state index in [2.05, 4.69) is 12.0 Å². The molecule has 0 radical (unpaired) electrons. The maximum Gasteiger partial charge on any atom is 0.123 e. The van der Waals surface area contributed by atoms with Crippen molar-refractivity contribution in [1.29, 1.82) is 0 Å². The summed E-state index contributed by atoms with van der Waals surface area (Å²) in [6.45, 7) is 7.24. The van der Waals surface area contributed by atoms with Crippen molar-refractivity contribution in [2.24, 2.45) is 0 Å². The molecule has 76 valence electrons. The van der Waals surface area contributed by atoms with Crippen LogP contribution in [-0.2, 0) is 6.54 Å². The third-order valence-electron chi connectivity index (χ3n) is 1.94. The lowest BCUT2D eigenvalue weighted by molar-refractivity contribution is 0.225. The van der Waals surface area contributed by atoms with Gasteiger partial charge in [0.15, 0.2) is 0 Å². The summed E-state index contributed by atoms with van der Waals surface area (Å²) in [4.78, 5) is 0. The fraction of sp³-hybridized carbons (Fsp3) is 0.273. The highest BCUT2D eigenvalue weighted by Crippen LogP contribution is 2.04. The number of hydrogen-bond acceptors (Lipinski definition) is 2. The Balaban J connectivity index is 2.57. The van der Waals surface area contributed by atoms with E-state index < -0.39 is 0 Å². The number of hydrogen-bond donors (Lipinski definition) is 1. The summed E-state index contributed by atoms with van der Waals surface area (Å²) < 4.78 is 12.6. The second-order valence-electron chi connectivity index (χ2n) is 2.97. The second kappa shape index (κ2) is 5.40. The van der Waals surface area contributed by atoms with Gasteiger partial charge in [-0.05, 0) is 17.7 Å². The van der Waals surface area contributed by atoms with Gasteiger partial charge in [0.2, 0.25) is 0 Å². The van der Waals surface area contributed by atoms with Gasteiger partial charge < -0.3 is 5.43 Å².